The smallest absolute Gasteiger partial charge is 0.274 e. The van der Waals surface area contributed by atoms with Crippen LogP contribution in [-0.2, 0) is 22.6 Å². The van der Waals surface area contributed by atoms with E-state index in [0.717, 1.165) is 18.4 Å². The van der Waals surface area contributed by atoms with Gasteiger partial charge in [-0.3, -0.25) is 19.1 Å². The van der Waals surface area contributed by atoms with Gasteiger partial charge in [-0.05, 0) is 25.3 Å². The number of carbonyl (C=O) groups is 3. The monoisotopic (exact) mass is 469 g/mol. The lowest BCUT2D eigenvalue weighted by molar-refractivity contribution is -0.121. The van der Waals surface area contributed by atoms with E-state index in [1.54, 1.807) is 27.7 Å². The molecule has 9 nitrogen and oxygen atoms in total. The Labute approximate surface area is 201 Å². The first kappa shape index (κ1) is 25.4. The van der Waals surface area contributed by atoms with Gasteiger partial charge >= 0.3 is 0 Å². The van der Waals surface area contributed by atoms with Gasteiger partial charge in [0.15, 0.2) is 5.69 Å². The van der Waals surface area contributed by atoms with Crippen molar-refractivity contribution in [3.05, 3.63) is 53.3 Å². The molecule has 0 fully saturated rings. The molecule has 1 aromatic heterocycles. The molecule has 0 spiro atoms. The van der Waals surface area contributed by atoms with Crippen molar-refractivity contribution in [3.8, 4) is 0 Å². The van der Waals surface area contributed by atoms with Gasteiger partial charge in [0.1, 0.15) is 5.69 Å². The van der Waals surface area contributed by atoms with Crippen molar-refractivity contribution in [1.29, 1.82) is 0 Å². The summed E-state index contributed by atoms with van der Waals surface area (Å²) < 4.78 is 6.78. The number of rotatable bonds is 11. The van der Waals surface area contributed by atoms with Crippen LogP contribution in [0.15, 0.2) is 36.4 Å². The molecule has 0 saturated carbocycles. The maximum absolute atomic E-state index is 13.3. The van der Waals surface area contributed by atoms with Crippen LogP contribution in [0.4, 0.5) is 0 Å². The van der Waals surface area contributed by atoms with Crippen LogP contribution in [0.2, 0.25) is 0 Å². The molecular weight excluding hydrogens is 434 g/mol. The van der Waals surface area contributed by atoms with E-state index >= 15 is 0 Å². The molecule has 0 radical (unpaired) electrons. The summed E-state index contributed by atoms with van der Waals surface area (Å²) in [6.45, 7) is 6.59. The van der Waals surface area contributed by atoms with E-state index in [4.69, 9.17) is 4.74 Å². The number of hydrogen-bond acceptors (Lipinski definition) is 5. The zero-order valence-corrected chi connectivity index (χ0v) is 20.3. The Kier molecular flexibility index (Phi) is 9.21. The van der Waals surface area contributed by atoms with Gasteiger partial charge in [-0.25, -0.2) is 0 Å². The number of aryl methyl sites for hydroxylation is 1. The highest BCUT2D eigenvalue weighted by atomic mass is 16.5. The summed E-state index contributed by atoms with van der Waals surface area (Å²) in [4.78, 5) is 42.1. The van der Waals surface area contributed by atoms with Gasteiger partial charge in [0.2, 0.25) is 5.91 Å². The third-order valence-electron chi connectivity index (χ3n) is 6.00. The number of benzene rings is 1. The molecule has 3 amide bonds. The zero-order chi connectivity index (χ0) is 24.5. The lowest BCUT2D eigenvalue weighted by atomic mass is 10.2. The molecule has 2 aromatic rings. The van der Waals surface area contributed by atoms with Gasteiger partial charge in [-0.15, -0.1) is 0 Å². The first-order chi connectivity index (χ1) is 16.4. The number of nitrogens with zero attached hydrogens (tertiary/aromatic N) is 4. The number of fused-ring (bicyclic) bond motifs is 1. The zero-order valence-electron chi connectivity index (χ0n) is 20.3. The summed E-state index contributed by atoms with van der Waals surface area (Å²) >= 11 is 0. The maximum Gasteiger partial charge on any atom is 0.274 e. The lowest BCUT2D eigenvalue weighted by Crippen LogP contribution is -2.39. The number of hydrogen-bond donors (Lipinski definition) is 1. The highest BCUT2D eigenvalue weighted by molar-refractivity contribution is 5.98. The third kappa shape index (κ3) is 6.66. The van der Waals surface area contributed by atoms with E-state index in [1.165, 1.54) is 0 Å². The van der Waals surface area contributed by atoms with Crippen LogP contribution in [-0.4, -0.2) is 76.7 Å². The molecule has 34 heavy (non-hydrogen) atoms. The van der Waals surface area contributed by atoms with Crippen LogP contribution in [0, 0.1) is 0 Å². The second-order valence-corrected chi connectivity index (χ2v) is 8.62. The van der Waals surface area contributed by atoms with Crippen LogP contribution >= 0.6 is 0 Å². The molecule has 0 saturated heterocycles. The van der Waals surface area contributed by atoms with Crippen LogP contribution < -0.4 is 5.32 Å². The quantitative estimate of drug-likeness (QED) is 0.545. The van der Waals surface area contributed by atoms with Crippen molar-refractivity contribution in [2.75, 3.05) is 33.4 Å². The first-order valence-electron chi connectivity index (χ1n) is 11.9. The van der Waals surface area contributed by atoms with Crippen molar-refractivity contribution < 1.29 is 19.1 Å². The van der Waals surface area contributed by atoms with Crippen molar-refractivity contribution in [2.45, 2.75) is 52.2 Å². The molecular formula is C25H35N5O4. The van der Waals surface area contributed by atoms with E-state index in [2.05, 4.69) is 10.4 Å². The molecule has 9 heteroatoms. The Balaban J connectivity index is 1.72. The molecule has 184 valence electrons. The van der Waals surface area contributed by atoms with E-state index < -0.39 is 0 Å². The molecule has 0 bridgehead atoms. The summed E-state index contributed by atoms with van der Waals surface area (Å²) in [5.41, 5.74) is 1.68. The van der Waals surface area contributed by atoms with Crippen LogP contribution in [0.1, 0.15) is 59.7 Å². The van der Waals surface area contributed by atoms with E-state index in [9.17, 15) is 14.4 Å². The number of aromatic nitrogens is 2. The Bertz CT molecular complexity index is 975. The molecule has 1 aliphatic heterocycles. The lowest BCUT2D eigenvalue weighted by Gasteiger charge is -2.22. The highest BCUT2D eigenvalue weighted by Gasteiger charge is 2.28. The Morgan fingerprint density at radius 3 is 2.68 bits per heavy atom. The summed E-state index contributed by atoms with van der Waals surface area (Å²) in [7, 11) is 1.57. The Morgan fingerprint density at radius 2 is 1.97 bits per heavy atom. The number of nitrogens with one attached hydrogen (secondary N) is 1. The van der Waals surface area contributed by atoms with Crippen molar-refractivity contribution in [3.63, 3.8) is 0 Å². The SMILES string of the molecule is CC[C@@H](C)NC(=O)CCN(CCOC)C(=O)c1cc2n(n1)CCCN(Cc1ccccc1)C2=O. The van der Waals surface area contributed by atoms with Crippen LogP contribution in [0.25, 0.3) is 0 Å². The predicted molar refractivity (Wildman–Crippen MR) is 128 cm³/mol. The van der Waals surface area contributed by atoms with Gasteiger partial charge in [-0.1, -0.05) is 37.3 Å². The van der Waals surface area contributed by atoms with E-state index in [1.807, 2.05) is 44.2 Å². The average Bonchev–Trinajstić information content (AvgIpc) is 3.21. The highest BCUT2D eigenvalue weighted by Crippen LogP contribution is 2.17. The van der Waals surface area contributed by atoms with Crippen molar-refractivity contribution in [2.24, 2.45) is 0 Å². The Hall–Kier alpha value is -3.20. The molecule has 1 aliphatic rings. The molecule has 2 heterocycles. The Morgan fingerprint density at radius 1 is 1.21 bits per heavy atom. The number of amides is 3. The van der Waals surface area contributed by atoms with Crippen molar-refractivity contribution >= 4 is 17.7 Å². The molecule has 1 N–H and O–H groups in total. The van der Waals surface area contributed by atoms with Gasteiger partial charge in [0.25, 0.3) is 11.8 Å². The van der Waals surface area contributed by atoms with Gasteiger partial charge < -0.3 is 19.9 Å². The first-order valence-corrected chi connectivity index (χ1v) is 11.9. The van der Waals surface area contributed by atoms with Crippen LogP contribution in [0.3, 0.4) is 0 Å². The summed E-state index contributed by atoms with van der Waals surface area (Å²) in [5, 5.41) is 7.38. The maximum atomic E-state index is 13.3. The molecule has 1 aromatic carbocycles. The summed E-state index contributed by atoms with van der Waals surface area (Å²) in [6.07, 6.45) is 1.79. The number of carbonyl (C=O) groups excluding carboxylic acids is 3. The minimum atomic E-state index is -0.309. The summed E-state index contributed by atoms with van der Waals surface area (Å²) in [6, 6.07) is 11.5. The normalized spacial score (nSPS) is 14.3. The largest absolute Gasteiger partial charge is 0.383 e. The average molecular weight is 470 g/mol. The third-order valence-corrected chi connectivity index (χ3v) is 6.00. The molecule has 3 rings (SSSR count). The van der Waals surface area contributed by atoms with Crippen molar-refractivity contribution in [1.82, 2.24) is 24.9 Å². The fourth-order valence-electron chi connectivity index (χ4n) is 3.86. The predicted octanol–water partition coefficient (Wildman–Crippen LogP) is 2.32. The molecule has 1 atom stereocenters. The second kappa shape index (κ2) is 12.3. The van der Waals surface area contributed by atoms with E-state index in [0.29, 0.717) is 38.5 Å². The van der Waals surface area contributed by atoms with Crippen LogP contribution in [0.5, 0.6) is 0 Å². The summed E-state index contributed by atoms with van der Waals surface area (Å²) in [5.74, 6) is -0.544. The topological polar surface area (TPSA) is 96.8 Å². The van der Waals surface area contributed by atoms with Gasteiger partial charge in [0, 0.05) is 58.4 Å². The van der Waals surface area contributed by atoms with Gasteiger partial charge in [-0.2, -0.15) is 5.10 Å². The van der Waals surface area contributed by atoms with Gasteiger partial charge in [0.05, 0.1) is 6.61 Å². The van der Waals surface area contributed by atoms with E-state index in [-0.39, 0.29) is 42.4 Å². The fraction of sp³-hybridized carbons (Fsp3) is 0.520. The fourth-order valence-corrected chi connectivity index (χ4v) is 3.86. The number of ether oxygens (including phenoxy) is 1. The minimum absolute atomic E-state index is 0.0873. The second-order valence-electron chi connectivity index (χ2n) is 8.62. The number of methoxy groups -OCH3 is 1. The molecule has 0 aliphatic carbocycles. The minimum Gasteiger partial charge on any atom is -0.383 e. The standard InChI is InChI=1S/C25H35N5O4/c1-4-19(2)26-23(31)11-14-28(15-16-34-3)24(32)21-17-22-25(33)29(12-8-13-30(22)27-21)18-20-9-6-5-7-10-20/h5-7,9-10,17,19H,4,8,11-16,18H2,1-3H3,(H,26,31)/t19-/m1/s1. The molecule has 0 unspecified atom stereocenters.